The Morgan fingerprint density at radius 2 is 1.94 bits per heavy atom. The maximum absolute atomic E-state index is 12.8. The first-order chi connectivity index (χ1) is 17.2. The Morgan fingerprint density at radius 1 is 1.11 bits per heavy atom. The summed E-state index contributed by atoms with van der Waals surface area (Å²) in [6.07, 6.45) is 4.00. The smallest absolute Gasteiger partial charge is 0.222 e. The number of hydrogen-bond acceptors (Lipinski definition) is 8. The average molecular weight is 494 g/mol. The zero-order chi connectivity index (χ0) is 24.2. The van der Waals surface area contributed by atoms with Crippen molar-refractivity contribution in [2.45, 2.75) is 46.0 Å². The van der Waals surface area contributed by atoms with Crippen LogP contribution in [0, 0.1) is 0 Å². The Hall–Kier alpha value is -3.27. The molecule has 0 unspecified atom stereocenters. The lowest BCUT2D eigenvalue weighted by Gasteiger charge is -2.35. The summed E-state index contributed by atoms with van der Waals surface area (Å²) in [4.78, 5) is 36.4. The van der Waals surface area contributed by atoms with Gasteiger partial charge in [0, 0.05) is 43.9 Å². The summed E-state index contributed by atoms with van der Waals surface area (Å²) in [6, 6.07) is 9.88. The van der Waals surface area contributed by atoms with Gasteiger partial charge in [0.25, 0.3) is 0 Å². The van der Waals surface area contributed by atoms with Gasteiger partial charge in [0.15, 0.2) is 0 Å². The third-order valence-corrected chi connectivity index (χ3v) is 7.47. The van der Waals surface area contributed by atoms with E-state index in [9.17, 15) is 4.79 Å². The summed E-state index contributed by atoms with van der Waals surface area (Å²) in [5, 5.41) is 9.24. The molecule has 1 amide bonds. The van der Waals surface area contributed by atoms with E-state index in [2.05, 4.69) is 35.1 Å². The Labute approximate surface area is 208 Å². The minimum absolute atomic E-state index is 0.167. The maximum atomic E-state index is 12.8. The van der Waals surface area contributed by atoms with Crippen LogP contribution in [0.15, 0.2) is 30.3 Å². The highest BCUT2D eigenvalue weighted by Gasteiger charge is 2.24. The number of benzene rings is 1. The summed E-state index contributed by atoms with van der Waals surface area (Å²) in [5.74, 6) is 2.10. The van der Waals surface area contributed by atoms with Crippen molar-refractivity contribution in [1.82, 2.24) is 30.0 Å². The second-order valence-electron chi connectivity index (χ2n) is 8.75. The van der Waals surface area contributed by atoms with Crippen LogP contribution in [-0.4, -0.2) is 68.7 Å². The first-order valence-electron chi connectivity index (χ1n) is 12.4. The molecular weight excluding hydrogens is 462 g/mol. The van der Waals surface area contributed by atoms with Crippen LogP contribution < -0.4 is 9.74 Å². The number of carbonyl (C=O) groups is 1. The molecule has 0 saturated carbocycles. The van der Waals surface area contributed by atoms with E-state index in [1.54, 1.807) is 11.3 Å². The van der Waals surface area contributed by atoms with Crippen molar-refractivity contribution in [2.75, 3.05) is 37.7 Å². The molecule has 1 saturated heterocycles. The van der Waals surface area contributed by atoms with Crippen LogP contribution in [0.3, 0.4) is 0 Å². The molecule has 4 heterocycles. The molecular formula is C25H31N7O2S. The quantitative estimate of drug-likeness (QED) is 0.330. The number of anilines is 1. The maximum Gasteiger partial charge on any atom is 0.222 e. The minimum Gasteiger partial charge on any atom is -0.395 e. The molecule has 4 aromatic rings. The van der Waals surface area contributed by atoms with Crippen LogP contribution in [0.2, 0.25) is 0 Å². The average Bonchev–Trinajstić information content (AvgIpc) is 3.50. The van der Waals surface area contributed by atoms with Gasteiger partial charge in [-0.15, -0.1) is 16.4 Å². The van der Waals surface area contributed by atoms with Crippen molar-refractivity contribution in [3.05, 3.63) is 41.0 Å². The van der Waals surface area contributed by atoms with Crippen LogP contribution in [0.1, 0.15) is 43.8 Å². The normalized spacial score (nSPS) is 14.2. The fraction of sp³-hybridized carbons (Fsp3) is 0.480. The Kier molecular flexibility index (Phi) is 7.08. The number of piperazine rings is 1. The van der Waals surface area contributed by atoms with Crippen molar-refractivity contribution in [3.63, 3.8) is 0 Å². The largest absolute Gasteiger partial charge is 0.395 e. The Bertz CT molecular complexity index is 1310. The molecule has 35 heavy (non-hydrogen) atoms. The van der Waals surface area contributed by atoms with Gasteiger partial charge in [-0.25, -0.2) is 9.97 Å². The molecule has 5 rings (SSSR count). The fourth-order valence-electron chi connectivity index (χ4n) is 4.39. The lowest BCUT2D eigenvalue weighted by Crippen LogP contribution is -2.49. The minimum atomic E-state index is 0.167. The molecule has 184 valence electrons. The molecule has 1 aliphatic heterocycles. The van der Waals surface area contributed by atoms with E-state index in [0.717, 1.165) is 65.2 Å². The van der Waals surface area contributed by atoms with Gasteiger partial charge in [-0.1, -0.05) is 30.8 Å². The highest BCUT2D eigenvalue weighted by Crippen LogP contribution is 2.32. The molecule has 0 atom stereocenters. The Balaban J connectivity index is 1.15. The highest BCUT2D eigenvalue weighted by atomic mass is 32.1. The first-order valence-corrected chi connectivity index (χ1v) is 13.2. The molecule has 0 aliphatic carbocycles. The predicted molar refractivity (Wildman–Crippen MR) is 138 cm³/mol. The number of thiophene rings is 1. The number of aryl methyl sites for hydroxylation is 2. The monoisotopic (exact) mass is 493 g/mol. The van der Waals surface area contributed by atoms with Crippen LogP contribution in [-0.2, 0) is 17.6 Å². The van der Waals surface area contributed by atoms with Crippen molar-refractivity contribution >= 4 is 44.3 Å². The number of aromatic nitrogens is 5. The van der Waals surface area contributed by atoms with Gasteiger partial charge in [-0.3, -0.25) is 4.79 Å². The number of carbonyl (C=O) groups excluding carboxylic acids is 1. The summed E-state index contributed by atoms with van der Waals surface area (Å²) >= 11 is 1.77. The number of para-hydroxylation sites is 1. The molecule has 0 radical (unpaired) electrons. The predicted octanol–water partition coefficient (Wildman–Crippen LogP) is 3.51. The number of amides is 1. The summed E-state index contributed by atoms with van der Waals surface area (Å²) < 4.78 is 0. The van der Waals surface area contributed by atoms with Gasteiger partial charge in [-0.2, -0.15) is 0 Å². The molecule has 0 spiro atoms. The van der Waals surface area contributed by atoms with Gasteiger partial charge >= 0.3 is 0 Å². The zero-order valence-electron chi connectivity index (χ0n) is 20.3. The highest BCUT2D eigenvalue weighted by molar-refractivity contribution is 7.18. The van der Waals surface area contributed by atoms with Crippen LogP contribution in [0.5, 0.6) is 0 Å². The third kappa shape index (κ3) is 5.07. The number of fused-ring (bicyclic) bond motifs is 2. The van der Waals surface area contributed by atoms with E-state index >= 15 is 0 Å². The van der Waals surface area contributed by atoms with Crippen LogP contribution in [0.25, 0.3) is 21.3 Å². The first kappa shape index (κ1) is 23.5. The van der Waals surface area contributed by atoms with E-state index < -0.39 is 0 Å². The summed E-state index contributed by atoms with van der Waals surface area (Å²) in [6.45, 7) is 7.71. The molecule has 0 N–H and O–H groups in total. The lowest BCUT2D eigenvalue weighted by atomic mass is 10.2. The molecule has 1 fully saturated rings. The zero-order valence-corrected chi connectivity index (χ0v) is 21.1. The molecule has 3 aromatic heterocycles. The lowest BCUT2D eigenvalue weighted by molar-refractivity contribution is -0.131. The van der Waals surface area contributed by atoms with E-state index in [-0.39, 0.29) is 5.91 Å². The molecule has 1 aliphatic rings. The number of rotatable bonds is 9. The fourth-order valence-corrected chi connectivity index (χ4v) is 5.37. The Morgan fingerprint density at radius 3 is 2.74 bits per heavy atom. The van der Waals surface area contributed by atoms with E-state index in [0.29, 0.717) is 32.5 Å². The van der Waals surface area contributed by atoms with Gasteiger partial charge in [-0.05, 0) is 42.7 Å². The van der Waals surface area contributed by atoms with Gasteiger partial charge < -0.3 is 14.6 Å². The topological polar surface area (TPSA) is 89.3 Å². The number of nitrogens with zero attached hydrogens (tertiary/aromatic N) is 7. The summed E-state index contributed by atoms with van der Waals surface area (Å²) in [5.41, 5.74) is 1.62. The summed E-state index contributed by atoms with van der Waals surface area (Å²) in [7, 11) is 0. The van der Waals surface area contributed by atoms with Gasteiger partial charge in [0.1, 0.15) is 34.1 Å². The van der Waals surface area contributed by atoms with E-state index in [4.69, 9.17) is 14.8 Å². The third-order valence-electron chi connectivity index (χ3n) is 6.29. The number of hydrogen-bond donors (Lipinski definition) is 0. The van der Waals surface area contributed by atoms with E-state index in [1.807, 2.05) is 29.2 Å². The second kappa shape index (κ2) is 10.6. The van der Waals surface area contributed by atoms with Crippen molar-refractivity contribution < 1.29 is 9.63 Å². The molecule has 0 bridgehead atoms. The molecule has 1 aromatic carbocycles. The van der Waals surface area contributed by atoms with Gasteiger partial charge in [0.2, 0.25) is 5.91 Å². The van der Waals surface area contributed by atoms with Crippen LogP contribution in [0.4, 0.5) is 5.82 Å². The van der Waals surface area contributed by atoms with Crippen molar-refractivity contribution in [3.8, 4) is 0 Å². The van der Waals surface area contributed by atoms with Gasteiger partial charge in [0.05, 0.1) is 5.39 Å². The second-order valence-corrected chi connectivity index (χ2v) is 9.87. The standard InChI is InChI=1S/C25H31N7O2S/c1-3-8-22-26-24(19-17-18(4-2)35-25(19)27-22)31-14-12-30(13-15-31)23(33)11-7-16-34-32-21-10-6-5-9-20(21)28-29-32/h5-6,9-10,17H,3-4,7-8,11-16H2,1-2H3. The molecule has 9 nitrogen and oxygen atoms in total. The van der Waals surface area contributed by atoms with Crippen molar-refractivity contribution in [1.29, 1.82) is 0 Å². The SMILES string of the molecule is CCCc1nc(N2CCN(C(=O)CCCOn3nnc4ccccc43)CC2)c2cc(CC)sc2n1. The van der Waals surface area contributed by atoms with Crippen LogP contribution >= 0.6 is 11.3 Å². The van der Waals surface area contributed by atoms with Crippen molar-refractivity contribution in [2.24, 2.45) is 0 Å². The van der Waals surface area contributed by atoms with E-state index in [1.165, 1.54) is 9.72 Å². The molecule has 10 heteroatoms.